The summed E-state index contributed by atoms with van der Waals surface area (Å²) in [7, 11) is 0. The number of rotatable bonds is 3. The predicted octanol–water partition coefficient (Wildman–Crippen LogP) is 2.81. The van der Waals surface area contributed by atoms with Crippen molar-refractivity contribution in [3.63, 3.8) is 0 Å². The quantitative estimate of drug-likeness (QED) is 0.652. The van der Waals surface area contributed by atoms with E-state index in [4.69, 9.17) is 5.73 Å². The Balaban J connectivity index is 2.74. The van der Waals surface area contributed by atoms with E-state index in [-0.39, 0.29) is 16.8 Å². The van der Waals surface area contributed by atoms with E-state index in [1.165, 1.54) is 12.1 Å². The van der Waals surface area contributed by atoms with E-state index in [9.17, 15) is 4.39 Å². The first-order valence-electron chi connectivity index (χ1n) is 6.44. The Bertz CT molecular complexity index is 441. The number of nitrogens with two attached hydrogens (primary N) is 1. The molecule has 1 rings (SSSR count). The fourth-order valence-electron chi connectivity index (χ4n) is 1.70. The van der Waals surface area contributed by atoms with Crippen LogP contribution in [0.3, 0.4) is 0 Å². The van der Waals surface area contributed by atoms with Gasteiger partial charge in [-0.2, -0.15) is 0 Å². The normalized spacial score (nSPS) is 13.5. The van der Waals surface area contributed by atoms with Crippen molar-refractivity contribution in [2.24, 2.45) is 10.7 Å². The monoisotopic (exact) mass is 265 g/mol. The minimum absolute atomic E-state index is 0.104. The zero-order chi connectivity index (χ0) is 14.7. The van der Waals surface area contributed by atoms with Crippen LogP contribution >= 0.6 is 0 Å². The number of hydrogen-bond donors (Lipinski definition) is 2. The molecule has 1 aromatic carbocycles. The average molecular weight is 265 g/mol. The van der Waals surface area contributed by atoms with Crippen LogP contribution in [0.2, 0.25) is 0 Å². The summed E-state index contributed by atoms with van der Waals surface area (Å²) in [5.74, 6) is 0.208. The van der Waals surface area contributed by atoms with E-state index in [2.05, 4.69) is 24.2 Å². The fourth-order valence-corrected chi connectivity index (χ4v) is 1.70. The molecule has 0 aliphatic carbocycles. The Morgan fingerprint density at radius 1 is 1.16 bits per heavy atom. The molecule has 0 aliphatic rings. The fraction of sp³-hybridized carbons (Fsp3) is 0.533. The molecule has 3 N–H and O–H groups in total. The van der Waals surface area contributed by atoms with Gasteiger partial charge in [0.25, 0.3) is 0 Å². The van der Waals surface area contributed by atoms with Gasteiger partial charge in [-0.25, -0.2) is 4.39 Å². The van der Waals surface area contributed by atoms with Gasteiger partial charge in [0.05, 0.1) is 6.54 Å². The maximum atomic E-state index is 12.9. The SMILES string of the molecule is CC(C)(C)NC(N)=NCC(C)(C)c1ccc(F)cc1. The number of nitrogens with one attached hydrogen (secondary N) is 1. The largest absolute Gasteiger partial charge is 0.370 e. The zero-order valence-corrected chi connectivity index (χ0v) is 12.4. The molecule has 106 valence electrons. The van der Waals surface area contributed by atoms with Crippen molar-refractivity contribution in [1.82, 2.24) is 5.32 Å². The molecule has 0 unspecified atom stereocenters. The van der Waals surface area contributed by atoms with Crippen LogP contribution < -0.4 is 11.1 Å². The van der Waals surface area contributed by atoms with E-state index in [1.54, 1.807) is 12.1 Å². The van der Waals surface area contributed by atoms with E-state index in [0.29, 0.717) is 12.5 Å². The lowest BCUT2D eigenvalue weighted by atomic mass is 9.85. The highest BCUT2D eigenvalue weighted by Gasteiger charge is 2.20. The standard InChI is InChI=1S/C15H24FN3/c1-14(2,3)19-13(17)18-10-15(4,5)11-6-8-12(16)9-7-11/h6-9H,10H2,1-5H3,(H3,17,18,19). The van der Waals surface area contributed by atoms with E-state index in [0.717, 1.165) is 5.56 Å². The summed E-state index contributed by atoms with van der Waals surface area (Å²) < 4.78 is 12.9. The third kappa shape index (κ3) is 5.28. The van der Waals surface area contributed by atoms with Crippen molar-refractivity contribution < 1.29 is 4.39 Å². The molecule has 0 aromatic heterocycles. The molecule has 1 aromatic rings. The van der Waals surface area contributed by atoms with E-state index < -0.39 is 0 Å². The Morgan fingerprint density at radius 2 is 1.68 bits per heavy atom. The van der Waals surface area contributed by atoms with Crippen LogP contribution in [0.4, 0.5) is 4.39 Å². The minimum atomic E-state index is -0.225. The lowest BCUT2D eigenvalue weighted by Gasteiger charge is -2.25. The second-order valence-electron chi connectivity index (χ2n) is 6.47. The summed E-state index contributed by atoms with van der Waals surface area (Å²) in [6.07, 6.45) is 0. The molecule has 0 radical (unpaired) electrons. The average Bonchev–Trinajstić information content (AvgIpc) is 2.25. The highest BCUT2D eigenvalue weighted by molar-refractivity contribution is 5.78. The Kier molecular flexibility index (Phi) is 4.56. The van der Waals surface area contributed by atoms with Crippen molar-refractivity contribution in [2.45, 2.75) is 45.6 Å². The Morgan fingerprint density at radius 3 is 2.16 bits per heavy atom. The van der Waals surface area contributed by atoms with E-state index >= 15 is 0 Å². The molecular weight excluding hydrogens is 241 g/mol. The van der Waals surface area contributed by atoms with Crippen molar-refractivity contribution >= 4 is 5.96 Å². The first kappa shape index (κ1) is 15.5. The van der Waals surface area contributed by atoms with Gasteiger partial charge in [-0.3, -0.25) is 4.99 Å². The summed E-state index contributed by atoms with van der Waals surface area (Å²) >= 11 is 0. The van der Waals surface area contributed by atoms with Crippen molar-refractivity contribution in [3.8, 4) is 0 Å². The summed E-state index contributed by atoms with van der Waals surface area (Å²) in [6.45, 7) is 10.8. The number of halogens is 1. The highest BCUT2D eigenvalue weighted by atomic mass is 19.1. The first-order chi connectivity index (χ1) is 8.60. The molecule has 0 spiro atoms. The number of aliphatic imine (C=N–C) groups is 1. The Labute approximate surface area is 115 Å². The second kappa shape index (κ2) is 5.59. The lowest BCUT2D eigenvalue weighted by molar-refractivity contribution is 0.500. The Hall–Kier alpha value is -1.58. The summed E-state index contributed by atoms with van der Waals surface area (Å²) in [4.78, 5) is 4.37. The minimum Gasteiger partial charge on any atom is -0.370 e. The van der Waals surface area contributed by atoms with Crippen molar-refractivity contribution in [1.29, 1.82) is 0 Å². The van der Waals surface area contributed by atoms with Gasteiger partial charge in [0.15, 0.2) is 5.96 Å². The second-order valence-corrected chi connectivity index (χ2v) is 6.47. The number of benzene rings is 1. The summed E-state index contributed by atoms with van der Waals surface area (Å²) in [5.41, 5.74) is 6.60. The van der Waals surface area contributed by atoms with Crippen LogP contribution in [-0.2, 0) is 5.41 Å². The maximum Gasteiger partial charge on any atom is 0.189 e. The van der Waals surface area contributed by atoms with Gasteiger partial charge in [-0.15, -0.1) is 0 Å². The molecule has 3 nitrogen and oxygen atoms in total. The molecule has 0 amide bonds. The third-order valence-electron chi connectivity index (χ3n) is 2.77. The molecular formula is C15H24FN3. The van der Waals surface area contributed by atoms with Gasteiger partial charge < -0.3 is 11.1 Å². The van der Waals surface area contributed by atoms with Gasteiger partial charge in [0, 0.05) is 11.0 Å². The van der Waals surface area contributed by atoms with Gasteiger partial charge in [0.1, 0.15) is 5.82 Å². The summed E-state index contributed by atoms with van der Waals surface area (Å²) in [6, 6.07) is 6.52. The maximum absolute atomic E-state index is 12.9. The van der Waals surface area contributed by atoms with Crippen LogP contribution in [0.5, 0.6) is 0 Å². The molecule has 0 aliphatic heterocycles. The molecule has 0 heterocycles. The molecule has 19 heavy (non-hydrogen) atoms. The highest BCUT2D eigenvalue weighted by Crippen LogP contribution is 2.23. The predicted molar refractivity (Wildman–Crippen MR) is 78.8 cm³/mol. The van der Waals surface area contributed by atoms with Gasteiger partial charge in [-0.05, 0) is 38.5 Å². The molecule has 4 heteroatoms. The lowest BCUT2D eigenvalue weighted by Crippen LogP contribution is -2.45. The molecule has 0 atom stereocenters. The first-order valence-corrected chi connectivity index (χ1v) is 6.44. The molecule has 0 saturated carbocycles. The smallest absolute Gasteiger partial charge is 0.189 e. The molecule has 0 bridgehead atoms. The molecule has 0 saturated heterocycles. The van der Waals surface area contributed by atoms with Crippen LogP contribution in [0, 0.1) is 5.82 Å². The van der Waals surface area contributed by atoms with Crippen LogP contribution in [0.15, 0.2) is 29.3 Å². The van der Waals surface area contributed by atoms with Gasteiger partial charge in [0.2, 0.25) is 0 Å². The number of hydrogen-bond acceptors (Lipinski definition) is 1. The van der Waals surface area contributed by atoms with Crippen LogP contribution in [0.25, 0.3) is 0 Å². The van der Waals surface area contributed by atoms with Crippen molar-refractivity contribution in [3.05, 3.63) is 35.6 Å². The van der Waals surface area contributed by atoms with E-state index in [1.807, 2.05) is 20.8 Å². The zero-order valence-electron chi connectivity index (χ0n) is 12.4. The van der Waals surface area contributed by atoms with Crippen molar-refractivity contribution in [2.75, 3.05) is 6.54 Å². The van der Waals surface area contributed by atoms with Gasteiger partial charge in [-0.1, -0.05) is 26.0 Å². The topological polar surface area (TPSA) is 50.4 Å². The number of guanidine groups is 1. The third-order valence-corrected chi connectivity index (χ3v) is 2.77. The van der Waals surface area contributed by atoms with Crippen LogP contribution in [0.1, 0.15) is 40.2 Å². The van der Waals surface area contributed by atoms with Gasteiger partial charge >= 0.3 is 0 Å². The number of nitrogens with zero attached hydrogens (tertiary/aromatic N) is 1. The van der Waals surface area contributed by atoms with Crippen LogP contribution in [-0.4, -0.2) is 18.0 Å². The summed E-state index contributed by atoms with van der Waals surface area (Å²) in [5, 5.41) is 3.12. The molecule has 0 fully saturated rings.